The highest BCUT2D eigenvalue weighted by molar-refractivity contribution is 5.05. The summed E-state index contributed by atoms with van der Waals surface area (Å²) in [7, 11) is 0. The van der Waals surface area contributed by atoms with E-state index in [9.17, 15) is 0 Å². The van der Waals surface area contributed by atoms with Gasteiger partial charge in [0.05, 0.1) is 13.2 Å². The lowest BCUT2D eigenvalue weighted by atomic mass is 10.2. The van der Waals surface area contributed by atoms with E-state index in [1.165, 1.54) is 5.57 Å². The normalized spacial score (nSPS) is 23.4. The zero-order chi connectivity index (χ0) is 6.53. The van der Waals surface area contributed by atoms with Gasteiger partial charge in [0, 0.05) is 0 Å². The molecule has 0 atom stereocenters. The van der Waals surface area contributed by atoms with Crippen molar-refractivity contribution >= 4 is 0 Å². The molecule has 1 saturated heterocycles. The summed E-state index contributed by atoms with van der Waals surface area (Å²) in [4.78, 5) is 0. The fraction of sp³-hybridized carbons (Fsp3) is 0.714. The molecule has 0 aromatic carbocycles. The van der Waals surface area contributed by atoms with Crippen molar-refractivity contribution in [3.63, 3.8) is 0 Å². The number of hydrogen-bond acceptors (Lipinski definition) is 2. The van der Waals surface area contributed by atoms with Gasteiger partial charge >= 0.3 is 0 Å². The molecule has 1 heterocycles. The third-order valence-electron chi connectivity index (χ3n) is 1.45. The van der Waals surface area contributed by atoms with E-state index >= 15 is 0 Å². The molecule has 1 rings (SSSR count). The summed E-state index contributed by atoms with van der Waals surface area (Å²) in [5.74, 6) is 0. The minimum Gasteiger partial charge on any atom is -0.377 e. The van der Waals surface area contributed by atoms with E-state index in [0.717, 1.165) is 32.6 Å². The van der Waals surface area contributed by atoms with E-state index in [1.54, 1.807) is 0 Å². The van der Waals surface area contributed by atoms with Gasteiger partial charge in [-0.05, 0) is 25.0 Å². The Morgan fingerprint density at radius 1 is 1.67 bits per heavy atom. The van der Waals surface area contributed by atoms with E-state index < -0.39 is 0 Å². The molecule has 0 spiro atoms. The van der Waals surface area contributed by atoms with Crippen LogP contribution in [0.25, 0.3) is 0 Å². The first kappa shape index (κ1) is 6.78. The van der Waals surface area contributed by atoms with Crippen molar-refractivity contribution in [2.75, 3.05) is 19.8 Å². The predicted octanol–water partition coefficient (Wildman–Crippen LogP) is 0.682. The minimum atomic E-state index is 0.753. The van der Waals surface area contributed by atoms with Crippen LogP contribution in [0, 0.1) is 0 Å². The molecule has 0 aliphatic carbocycles. The van der Waals surface area contributed by atoms with Gasteiger partial charge in [-0.3, -0.25) is 0 Å². The van der Waals surface area contributed by atoms with Crippen molar-refractivity contribution in [2.24, 2.45) is 5.73 Å². The molecule has 0 aromatic rings. The molecule has 0 aromatic heterocycles. The second-order valence-corrected chi connectivity index (χ2v) is 2.24. The van der Waals surface area contributed by atoms with Gasteiger partial charge in [0.1, 0.15) is 0 Å². The van der Waals surface area contributed by atoms with Gasteiger partial charge in [-0.15, -0.1) is 0 Å². The first-order valence-corrected chi connectivity index (χ1v) is 3.39. The SMILES string of the molecule is NCCC=C1CCOC1. The molecule has 2 nitrogen and oxygen atoms in total. The van der Waals surface area contributed by atoms with Crippen molar-refractivity contribution in [3.05, 3.63) is 11.6 Å². The topological polar surface area (TPSA) is 35.2 Å². The summed E-state index contributed by atoms with van der Waals surface area (Å²) in [5.41, 5.74) is 6.74. The Bertz CT molecular complexity index is 101. The fourth-order valence-electron chi connectivity index (χ4n) is 0.927. The second kappa shape index (κ2) is 3.64. The molecule has 0 amide bonds. The maximum atomic E-state index is 5.32. The quantitative estimate of drug-likeness (QED) is 0.554. The molecule has 0 unspecified atom stereocenters. The summed E-state index contributed by atoms with van der Waals surface area (Å²) < 4.78 is 5.15. The van der Waals surface area contributed by atoms with Crippen molar-refractivity contribution in [2.45, 2.75) is 12.8 Å². The van der Waals surface area contributed by atoms with Crippen molar-refractivity contribution in [1.29, 1.82) is 0 Å². The van der Waals surface area contributed by atoms with Gasteiger partial charge in [-0.25, -0.2) is 0 Å². The van der Waals surface area contributed by atoms with Gasteiger partial charge < -0.3 is 10.5 Å². The molecule has 2 heteroatoms. The molecular formula is C7H13NO. The molecular weight excluding hydrogens is 114 g/mol. The molecule has 1 fully saturated rings. The minimum absolute atomic E-state index is 0.753. The lowest BCUT2D eigenvalue weighted by molar-refractivity contribution is 0.204. The Kier molecular flexibility index (Phi) is 2.74. The van der Waals surface area contributed by atoms with Crippen molar-refractivity contribution in [3.8, 4) is 0 Å². The van der Waals surface area contributed by atoms with Crippen molar-refractivity contribution < 1.29 is 4.74 Å². The van der Waals surface area contributed by atoms with Crippen LogP contribution in [0.4, 0.5) is 0 Å². The molecule has 0 bridgehead atoms. The van der Waals surface area contributed by atoms with Crippen LogP contribution < -0.4 is 5.73 Å². The zero-order valence-electron chi connectivity index (χ0n) is 5.60. The van der Waals surface area contributed by atoms with Crippen LogP contribution in [-0.2, 0) is 4.74 Å². The monoisotopic (exact) mass is 127 g/mol. The highest BCUT2D eigenvalue weighted by atomic mass is 16.5. The van der Waals surface area contributed by atoms with Gasteiger partial charge in [0.25, 0.3) is 0 Å². The van der Waals surface area contributed by atoms with Crippen molar-refractivity contribution in [1.82, 2.24) is 0 Å². The van der Waals surface area contributed by atoms with E-state index in [0.29, 0.717) is 0 Å². The summed E-state index contributed by atoms with van der Waals surface area (Å²) in [6, 6.07) is 0. The molecule has 0 saturated carbocycles. The summed E-state index contributed by atoms with van der Waals surface area (Å²) in [6.07, 6.45) is 4.30. The largest absolute Gasteiger partial charge is 0.377 e. The van der Waals surface area contributed by atoms with Gasteiger partial charge in [-0.1, -0.05) is 6.08 Å². The molecule has 52 valence electrons. The lowest BCUT2D eigenvalue weighted by Gasteiger charge is -1.90. The van der Waals surface area contributed by atoms with Gasteiger partial charge in [-0.2, -0.15) is 0 Å². The fourth-order valence-corrected chi connectivity index (χ4v) is 0.927. The summed E-state index contributed by atoms with van der Waals surface area (Å²) in [6.45, 7) is 2.49. The third-order valence-corrected chi connectivity index (χ3v) is 1.45. The third kappa shape index (κ3) is 2.16. The second-order valence-electron chi connectivity index (χ2n) is 2.24. The van der Waals surface area contributed by atoms with E-state index in [1.807, 2.05) is 0 Å². The summed E-state index contributed by atoms with van der Waals surface area (Å²) in [5, 5.41) is 0. The Hall–Kier alpha value is -0.340. The summed E-state index contributed by atoms with van der Waals surface area (Å²) >= 11 is 0. The Morgan fingerprint density at radius 3 is 3.11 bits per heavy atom. The molecule has 9 heavy (non-hydrogen) atoms. The average Bonchev–Trinajstić information content (AvgIpc) is 2.34. The van der Waals surface area contributed by atoms with Crippen LogP contribution in [-0.4, -0.2) is 19.8 Å². The van der Waals surface area contributed by atoms with E-state index in [2.05, 4.69) is 6.08 Å². The first-order chi connectivity index (χ1) is 4.43. The van der Waals surface area contributed by atoms with Crippen LogP contribution in [0.1, 0.15) is 12.8 Å². The standard InChI is InChI=1S/C7H13NO/c8-4-1-2-7-3-5-9-6-7/h2H,1,3-6,8H2. The maximum absolute atomic E-state index is 5.32. The molecule has 2 N–H and O–H groups in total. The Labute approximate surface area is 55.7 Å². The van der Waals surface area contributed by atoms with Gasteiger partial charge in [0.2, 0.25) is 0 Å². The van der Waals surface area contributed by atoms with Crippen LogP contribution in [0.2, 0.25) is 0 Å². The zero-order valence-corrected chi connectivity index (χ0v) is 5.60. The highest BCUT2D eigenvalue weighted by Crippen LogP contribution is 2.10. The highest BCUT2D eigenvalue weighted by Gasteiger charge is 2.04. The number of nitrogens with two attached hydrogens (primary N) is 1. The van der Waals surface area contributed by atoms with Crippen LogP contribution in [0.15, 0.2) is 11.6 Å². The first-order valence-electron chi connectivity index (χ1n) is 3.39. The van der Waals surface area contributed by atoms with Gasteiger partial charge in [0.15, 0.2) is 0 Å². The molecule has 0 radical (unpaired) electrons. The lowest BCUT2D eigenvalue weighted by Crippen LogP contribution is -1.96. The molecule has 1 aliphatic rings. The van der Waals surface area contributed by atoms with E-state index in [-0.39, 0.29) is 0 Å². The van der Waals surface area contributed by atoms with Crippen LogP contribution in [0.3, 0.4) is 0 Å². The average molecular weight is 127 g/mol. The Balaban J connectivity index is 2.22. The number of ether oxygens (including phenoxy) is 1. The Morgan fingerprint density at radius 2 is 2.56 bits per heavy atom. The van der Waals surface area contributed by atoms with E-state index in [4.69, 9.17) is 10.5 Å². The predicted molar refractivity (Wildman–Crippen MR) is 37.2 cm³/mol. The maximum Gasteiger partial charge on any atom is 0.0677 e. The number of rotatable bonds is 2. The van der Waals surface area contributed by atoms with Crippen LogP contribution >= 0.6 is 0 Å². The smallest absolute Gasteiger partial charge is 0.0677 e. The number of hydrogen-bond donors (Lipinski definition) is 1. The van der Waals surface area contributed by atoms with Crippen LogP contribution in [0.5, 0.6) is 0 Å². The molecule has 1 aliphatic heterocycles.